The van der Waals surface area contributed by atoms with Crippen LogP contribution in [0.15, 0.2) is 35.3 Å². The number of hydrogen-bond donors (Lipinski definition) is 1. The SMILES string of the molecule is CCOC(=O)[C@@H](C)Oc1cccc2c(=O)n(CC(N)=O)ccc12. The minimum atomic E-state index is -0.798. The van der Waals surface area contributed by atoms with Gasteiger partial charge in [0.25, 0.3) is 5.56 Å². The van der Waals surface area contributed by atoms with Gasteiger partial charge in [-0.25, -0.2) is 4.79 Å². The molecule has 0 spiro atoms. The summed E-state index contributed by atoms with van der Waals surface area (Å²) in [6.45, 7) is 3.36. The van der Waals surface area contributed by atoms with Crippen LogP contribution < -0.4 is 16.0 Å². The lowest BCUT2D eigenvalue weighted by atomic mass is 10.1. The van der Waals surface area contributed by atoms with Crippen molar-refractivity contribution in [1.29, 1.82) is 0 Å². The highest BCUT2D eigenvalue weighted by atomic mass is 16.6. The van der Waals surface area contributed by atoms with Crippen LogP contribution in [0.4, 0.5) is 0 Å². The van der Waals surface area contributed by atoms with E-state index in [1.54, 1.807) is 38.1 Å². The van der Waals surface area contributed by atoms with Gasteiger partial charge in [-0.3, -0.25) is 9.59 Å². The number of fused-ring (bicyclic) bond motifs is 1. The molecule has 0 bridgehead atoms. The highest BCUT2D eigenvalue weighted by Gasteiger charge is 2.17. The zero-order valence-corrected chi connectivity index (χ0v) is 12.9. The molecular weight excluding hydrogens is 300 g/mol. The van der Waals surface area contributed by atoms with Crippen molar-refractivity contribution in [2.75, 3.05) is 6.61 Å². The van der Waals surface area contributed by atoms with Gasteiger partial charge < -0.3 is 19.8 Å². The molecule has 2 N–H and O–H groups in total. The predicted molar refractivity (Wildman–Crippen MR) is 84.1 cm³/mol. The fourth-order valence-corrected chi connectivity index (χ4v) is 2.18. The molecule has 0 unspecified atom stereocenters. The first-order valence-electron chi connectivity index (χ1n) is 7.17. The Bertz CT molecular complexity index is 797. The lowest BCUT2D eigenvalue weighted by Gasteiger charge is -2.15. The number of primary amides is 1. The maximum Gasteiger partial charge on any atom is 0.347 e. The highest BCUT2D eigenvalue weighted by molar-refractivity contribution is 5.88. The van der Waals surface area contributed by atoms with Crippen molar-refractivity contribution in [2.24, 2.45) is 5.73 Å². The Balaban J connectivity index is 2.39. The number of nitrogens with two attached hydrogens (primary N) is 1. The number of nitrogens with zero attached hydrogens (tertiary/aromatic N) is 1. The Morgan fingerprint density at radius 2 is 2.00 bits per heavy atom. The molecule has 1 amide bonds. The third-order valence-corrected chi connectivity index (χ3v) is 3.23. The van der Waals surface area contributed by atoms with E-state index in [1.165, 1.54) is 10.8 Å². The first-order valence-corrected chi connectivity index (χ1v) is 7.17. The molecular formula is C16H18N2O5. The number of hydrogen-bond acceptors (Lipinski definition) is 5. The maximum absolute atomic E-state index is 12.3. The number of amides is 1. The molecule has 0 aliphatic heterocycles. The molecule has 1 heterocycles. The smallest absolute Gasteiger partial charge is 0.347 e. The van der Waals surface area contributed by atoms with Crippen molar-refractivity contribution in [1.82, 2.24) is 4.57 Å². The Labute approximate surface area is 132 Å². The first-order chi connectivity index (χ1) is 10.9. The minimum Gasteiger partial charge on any atom is -0.478 e. The number of pyridine rings is 1. The molecule has 2 rings (SSSR count). The van der Waals surface area contributed by atoms with Crippen molar-refractivity contribution in [3.63, 3.8) is 0 Å². The van der Waals surface area contributed by atoms with Gasteiger partial charge in [0.05, 0.1) is 12.0 Å². The van der Waals surface area contributed by atoms with Gasteiger partial charge in [0.1, 0.15) is 12.3 Å². The number of esters is 1. The van der Waals surface area contributed by atoms with E-state index >= 15 is 0 Å². The van der Waals surface area contributed by atoms with Crippen molar-refractivity contribution in [2.45, 2.75) is 26.5 Å². The predicted octanol–water partition coefficient (Wildman–Crippen LogP) is 0.817. The molecule has 122 valence electrons. The number of aromatic nitrogens is 1. The standard InChI is InChI=1S/C16H18N2O5/c1-3-22-16(21)10(2)23-13-6-4-5-12-11(13)7-8-18(15(12)20)9-14(17)19/h4-8,10H,3,9H2,1-2H3,(H2,17,19)/t10-/m1/s1. The minimum absolute atomic E-state index is 0.195. The number of carbonyl (C=O) groups is 2. The fourth-order valence-electron chi connectivity index (χ4n) is 2.18. The largest absolute Gasteiger partial charge is 0.478 e. The number of ether oxygens (including phenoxy) is 2. The van der Waals surface area contributed by atoms with E-state index in [4.69, 9.17) is 15.2 Å². The van der Waals surface area contributed by atoms with Gasteiger partial charge in [0, 0.05) is 11.6 Å². The van der Waals surface area contributed by atoms with Gasteiger partial charge in [0.2, 0.25) is 5.91 Å². The third kappa shape index (κ3) is 3.68. The summed E-state index contributed by atoms with van der Waals surface area (Å²) in [7, 11) is 0. The van der Waals surface area contributed by atoms with E-state index in [-0.39, 0.29) is 18.7 Å². The van der Waals surface area contributed by atoms with Gasteiger partial charge in [-0.05, 0) is 32.0 Å². The monoisotopic (exact) mass is 318 g/mol. The van der Waals surface area contributed by atoms with E-state index in [0.29, 0.717) is 16.5 Å². The molecule has 0 radical (unpaired) electrons. The molecule has 1 atom stereocenters. The summed E-state index contributed by atoms with van der Waals surface area (Å²) in [5.74, 6) is -0.687. The Hall–Kier alpha value is -2.83. The Morgan fingerprint density at radius 1 is 1.26 bits per heavy atom. The summed E-state index contributed by atoms with van der Waals surface area (Å²) in [6, 6.07) is 6.57. The summed E-state index contributed by atoms with van der Waals surface area (Å²) in [5.41, 5.74) is 4.77. The van der Waals surface area contributed by atoms with Crippen LogP contribution in [0.2, 0.25) is 0 Å². The Kier molecular flexibility index (Phi) is 5.00. The van der Waals surface area contributed by atoms with Crippen LogP contribution in [-0.2, 0) is 20.9 Å². The van der Waals surface area contributed by atoms with Crippen LogP contribution in [0.3, 0.4) is 0 Å². The van der Waals surface area contributed by atoms with E-state index in [1.807, 2.05) is 0 Å². The lowest BCUT2D eigenvalue weighted by Crippen LogP contribution is -2.28. The first kappa shape index (κ1) is 16.5. The molecule has 0 aliphatic rings. The molecule has 23 heavy (non-hydrogen) atoms. The summed E-state index contributed by atoms with van der Waals surface area (Å²) in [4.78, 5) is 35.0. The normalized spacial score (nSPS) is 11.9. The molecule has 2 aromatic rings. The van der Waals surface area contributed by atoms with Gasteiger partial charge in [0.15, 0.2) is 6.10 Å². The maximum atomic E-state index is 12.3. The topological polar surface area (TPSA) is 101 Å². The van der Waals surface area contributed by atoms with E-state index in [9.17, 15) is 14.4 Å². The lowest BCUT2D eigenvalue weighted by molar-refractivity contribution is -0.150. The second kappa shape index (κ2) is 6.95. The van der Waals surface area contributed by atoms with Gasteiger partial charge >= 0.3 is 5.97 Å². The van der Waals surface area contributed by atoms with Crippen LogP contribution in [0.1, 0.15) is 13.8 Å². The third-order valence-electron chi connectivity index (χ3n) is 3.23. The van der Waals surface area contributed by atoms with Gasteiger partial charge in [-0.2, -0.15) is 0 Å². The van der Waals surface area contributed by atoms with Crippen molar-refractivity contribution < 1.29 is 19.1 Å². The van der Waals surface area contributed by atoms with Gasteiger partial charge in [-0.15, -0.1) is 0 Å². The average molecular weight is 318 g/mol. The molecule has 0 aliphatic carbocycles. The number of rotatable bonds is 6. The average Bonchev–Trinajstić information content (AvgIpc) is 2.50. The molecule has 1 aromatic heterocycles. The molecule has 0 saturated carbocycles. The van der Waals surface area contributed by atoms with Crippen molar-refractivity contribution in [3.8, 4) is 5.75 Å². The number of carbonyl (C=O) groups excluding carboxylic acids is 2. The van der Waals surface area contributed by atoms with E-state index in [2.05, 4.69) is 0 Å². The quantitative estimate of drug-likeness (QED) is 0.795. The van der Waals surface area contributed by atoms with Crippen molar-refractivity contribution in [3.05, 3.63) is 40.8 Å². The van der Waals surface area contributed by atoms with Crippen LogP contribution >= 0.6 is 0 Å². The van der Waals surface area contributed by atoms with Crippen LogP contribution in [0, 0.1) is 0 Å². The zero-order chi connectivity index (χ0) is 17.0. The van der Waals surface area contributed by atoms with Crippen LogP contribution in [0.5, 0.6) is 5.75 Å². The summed E-state index contributed by atoms with van der Waals surface area (Å²) >= 11 is 0. The molecule has 0 fully saturated rings. The Morgan fingerprint density at radius 3 is 2.65 bits per heavy atom. The molecule has 7 heteroatoms. The highest BCUT2D eigenvalue weighted by Crippen LogP contribution is 2.24. The summed E-state index contributed by atoms with van der Waals surface area (Å²) in [6.07, 6.45) is 0.672. The summed E-state index contributed by atoms with van der Waals surface area (Å²) in [5, 5.41) is 0.927. The molecule has 7 nitrogen and oxygen atoms in total. The number of benzene rings is 1. The van der Waals surface area contributed by atoms with Crippen LogP contribution in [0.25, 0.3) is 10.8 Å². The van der Waals surface area contributed by atoms with E-state index in [0.717, 1.165) is 0 Å². The zero-order valence-electron chi connectivity index (χ0n) is 12.9. The molecule has 1 aromatic carbocycles. The van der Waals surface area contributed by atoms with Crippen molar-refractivity contribution >= 4 is 22.6 Å². The second-order valence-corrected chi connectivity index (χ2v) is 4.94. The van der Waals surface area contributed by atoms with E-state index < -0.39 is 18.0 Å². The fraction of sp³-hybridized carbons (Fsp3) is 0.312. The van der Waals surface area contributed by atoms with Gasteiger partial charge in [-0.1, -0.05) is 6.07 Å². The summed E-state index contributed by atoms with van der Waals surface area (Å²) < 4.78 is 11.7. The molecule has 0 saturated heterocycles. The second-order valence-electron chi connectivity index (χ2n) is 4.94. The van der Waals surface area contributed by atoms with Crippen LogP contribution in [-0.4, -0.2) is 29.2 Å².